The number of carbonyl (C=O) groups excluding carboxylic acids is 1. The SMILES string of the molecule is CC(NC(=O)CN1CCC(O)(C(F)(F)F)CC1)c1ccc(F)cc1. The predicted octanol–water partition coefficient (Wildman–Crippen LogP) is 2.39. The lowest BCUT2D eigenvalue weighted by atomic mass is 9.91. The van der Waals surface area contributed by atoms with E-state index in [0.29, 0.717) is 0 Å². The summed E-state index contributed by atoms with van der Waals surface area (Å²) in [6.07, 6.45) is -5.55. The van der Waals surface area contributed by atoms with Crippen LogP contribution in [0.2, 0.25) is 0 Å². The first-order chi connectivity index (χ1) is 11.1. The summed E-state index contributed by atoms with van der Waals surface area (Å²) in [4.78, 5) is 13.6. The topological polar surface area (TPSA) is 52.6 Å². The zero-order valence-electron chi connectivity index (χ0n) is 13.2. The highest BCUT2D eigenvalue weighted by Crippen LogP contribution is 2.38. The first-order valence-electron chi connectivity index (χ1n) is 7.67. The number of hydrogen-bond acceptors (Lipinski definition) is 3. The van der Waals surface area contributed by atoms with Crippen LogP contribution in [-0.4, -0.2) is 47.3 Å². The Morgan fingerprint density at radius 1 is 1.29 bits per heavy atom. The molecule has 0 aliphatic carbocycles. The van der Waals surface area contributed by atoms with Gasteiger partial charge in [-0.3, -0.25) is 9.69 Å². The van der Waals surface area contributed by atoms with E-state index in [4.69, 9.17) is 0 Å². The lowest BCUT2D eigenvalue weighted by molar-refractivity contribution is -0.272. The van der Waals surface area contributed by atoms with Crippen molar-refractivity contribution in [2.24, 2.45) is 0 Å². The van der Waals surface area contributed by atoms with Crippen molar-refractivity contribution in [3.05, 3.63) is 35.6 Å². The molecule has 8 heteroatoms. The molecule has 1 aliphatic rings. The van der Waals surface area contributed by atoms with E-state index in [0.717, 1.165) is 5.56 Å². The Morgan fingerprint density at radius 2 is 1.83 bits per heavy atom. The molecule has 1 aromatic rings. The van der Waals surface area contributed by atoms with Crippen LogP contribution in [0.4, 0.5) is 17.6 Å². The molecule has 0 radical (unpaired) electrons. The number of halogens is 4. The smallest absolute Gasteiger partial charge is 0.380 e. The van der Waals surface area contributed by atoms with Crippen molar-refractivity contribution < 1.29 is 27.5 Å². The lowest BCUT2D eigenvalue weighted by Crippen LogP contribution is -2.54. The molecule has 1 aliphatic heterocycles. The van der Waals surface area contributed by atoms with Crippen molar-refractivity contribution in [2.75, 3.05) is 19.6 Å². The molecule has 24 heavy (non-hydrogen) atoms. The molecular formula is C16H20F4N2O2. The number of likely N-dealkylation sites (tertiary alicyclic amines) is 1. The van der Waals surface area contributed by atoms with Gasteiger partial charge < -0.3 is 10.4 Å². The monoisotopic (exact) mass is 348 g/mol. The van der Waals surface area contributed by atoms with Crippen molar-refractivity contribution in [3.8, 4) is 0 Å². The van der Waals surface area contributed by atoms with Gasteiger partial charge in [-0.1, -0.05) is 12.1 Å². The number of amides is 1. The molecule has 2 rings (SSSR count). The van der Waals surface area contributed by atoms with Gasteiger partial charge >= 0.3 is 6.18 Å². The quantitative estimate of drug-likeness (QED) is 0.822. The highest BCUT2D eigenvalue weighted by molar-refractivity contribution is 5.78. The van der Waals surface area contributed by atoms with E-state index < -0.39 is 24.6 Å². The number of alkyl halides is 3. The van der Waals surface area contributed by atoms with Crippen LogP contribution in [0.5, 0.6) is 0 Å². The number of hydrogen-bond donors (Lipinski definition) is 2. The molecule has 1 aromatic carbocycles. The maximum atomic E-state index is 12.9. The maximum Gasteiger partial charge on any atom is 0.417 e. The summed E-state index contributed by atoms with van der Waals surface area (Å²) in [6, 6.07) is 5.37. The number of rotatable bonds is 4. The molecule has 1 amide bonds. The fraction of sp³-hybridized carbons (Fsp3) is 0.562. The van der Waals surface area contributed by atoms with Gasteiger partial charge in [-0.25, -0.2) is 4.39 Å². The first kappa shape index (κ1) is 18.7. The second kappa shape index (κ2) is 7.06. The minimum absolute atomic E-state index is 0.00560. The summed E-state index contributed by atoms with van der Waals surface area (Å²) in [5.41, 5.74) is -1.93. The van der Waals surface area contributed by atoms with E-state index in [1.165, 1.54) is 12.1 Å². The molecule has 0 aromatic heterocycles. The third kappa shape index (κ3) is 4.45. The van der Waals surface area contributed by atoms with Crippen molar-refractivity contribution in [1.82, 2.24) is 10.2 Å². The molecule has 1 unspecified atom stereocenters. The average Bonchev–Trinajstić information content (AvgIpc) is 2.49. The van der Waals surface area contributed by atoms with E-state index in [-0.39, 0.29) is 37.4 Å². The Bertz CT molecular complexity index is 566. The molecule has 0 spiro atoms. The molecule has 2 N–H and O–H groups in total. The van der Waals surface area contributed by atoms with Gasteiger partial charge in [-0.15, -0.1) is 0 Å². The van der Waals surface area contributed by atoms with E-state index in [1.54, 1.807) is 24.0 Å². The summed E-state index contributed by atoms with van der Waals surface area (Å²) < 4.78 is 51.1. The van der Waals surface area contributed by atoms with E-state index in [2.05, 4.69) is 5.32 Å². The van der Waals surface area contributed by atoms with Crippen LogP contribution in [0.15, 0.2) is 24.3 Å². The molecule has 1 saturated heterocycles. The molecule has 134 valence electrons. The summed E-state index contributed by atoms with van der Waals surface area (Å²) in [7, 11) is 0. The van der Waals surface area contributed by atoms with Gasteiger partial charge in [0.15, 0.2) is 5.60 Å². The molecule has 1 atom stereocenters. The Labute approximate surface area is 137 Å². The van der Waals surface area contributed by atoms with Crippen molar-refractivity contribution in [2.45, 2.75) is 37.6 Å². The van der Waals surface area contributed by atoms with Crippen molar-refractivity contribution in [3.63, 3.8) is 0 Å². The Morgan fingerprint density at radius 3 is 2.33 bits per heavy atom. The molecular weight excluding hydrogens is 328 g/mol. The third-order valence-corrected chi connectivity index (χ3v) is 4.33. The number of nitrogens with one attached hydrogen (secondary N) is 1. The van der Waals surface area contributed by atoms with E-state index in [1.807, 2.05) is 0 Å². The number of benzene rings is 1. The predicted molar refractivity (Wildman–Crippen MR) is 79.6 cm³/mol. The van der Waals surface area contributed by atoms with Gasteiger partial charge in [-0.05, 0) is 37.5 Å². The molecule has 1 fully saturated rings. The number of piperidine rings is 1. The van der Waals surface area contributed by atoms with Crippen LogP contribution in [-0.2, 0) is 4.79 Å². The number of aliphatic hydroxyl groups is 1. The van der Waals surface area contributed by atoms with Crippen molar-refractivity contribution >= 4 is 5.91 Å². The summed E-state index contributed by atoms with van der Waals surface area (Å²) in [5.74, 6) is -0.702. The van der Waals surface area contributed by atoms with Gasteiger partial charge in [0.1, 0.15) is 5.82 Å². The van der Waals surface area contributed by atoms with Gasteiger partial charge in [0, 0.05) is 13.1 Å². The summed E-state index contributed by atoms with van der Waals surface area (Å²) in [5, 5.41) is 12.3. The highest BCUT2D eigenvalue weighted by Gasteiger charge is 2.54. The normalized spacial score (nSPS) is 19.8. The maximum absolute atomic E-state index is 12.9. The van der Waals surface area contributed by atoms with Crippen LogP contribution < -0.4 is 5.32 Å². The second-order valence-electron chi connectivity index (χ2n) is 6.15. The van der Waals surface area contributed by atoms with Gasteiger partial charge in [-0.2, -0.15) is 13.2 Å². The standard InChI is InChI=1S/C16H20F4N2O2/c1-11(12-2-4-13(17)5-3-12)21-14(23)10-22-8-6-15(24,7-9-22)16(18,19)20/h2-5,11,24H,6-10H2,1H3,(H,21,23). The Balaban J connectivity index is 1.82. The lowest BCUT2D eigenvalue weighted by Gasteiger charge is -2.38. The second-order valence-corrected chi connectivity index (χ2v) is 6.15. The number of carbonyl (C=O) groups is 1. The van der Waals surface area contributed by atoms with Crippen LogP contribution in [0, 0.1) is 5.82 Å². The van der Waals surface area contributed by atoms with Crippen LogP contribution in [0.3, 0.4) is 0 Å². The largest absolute Gasteiger partial charge is 0.417 e. The summed E-state index contributed by atoms with van der Waals surface area (Å²) in [6.45, 7) is 1.69. The zero-order chi connectivity index (χ0) is 18.0. The van der Waals surface area contributed by atoms with Crippen LogP contribution in [0.1, 0.15) is 31.4 Å². The zero-order valence-corrected chi connectivity index (χ0v) is 13.2. The third-order valence-electron chi connectivity index (χ3n) is 4.33. The minimum Gasteiger partial charge on any atom is -0.380 e. The van der Waals surface area contributed by atoms with Gasteiger partial charge in [0.2, 0.25) is 5.91 Å². The Kier molecular flexibility index (Phi) is 5.49. The fourth-order valence-electron chi connectivity index (χ4n) is 2.69. The highest BCUT2D eigenvalue weighted by atomic mass is 19.4. The Hall–Kier alpha value is -1.67. The van der Waals surface area contributed by atoms with Gasteiger partial charge in [0.25, 0.3) is 0 Å². The first-order valence-corrected chi connectivity index (χ1v) is 7.67. The average molecular weight is 348 g/mol. The van der Waals surface area contributed by atoms with Gasteiger partial charge in [0.05, 0.1) is 12.6 Å². The molecule has 0 saturated carbocycles. The van der Waals surface area contributed by atoms with E-state index >= 15 is 0 Å². The minimum atomic E-state index is -4.65. The van der Waals surface area contributed by atoms with E-state index in [9.17, 15) is 27.5 Å². The molecule has 0 bridgehead atoms. The van der Waals surface area contributed by atoms with Crippen LogP contribution in [0.25, 0.3) is 0 Å². The van der Waals surface area contributed by atoms with Crippen molar-refractivity contribution in [1.29, 1.82) is 0 Å². The molecule has 1 heterocycles. The fourth-order valence-corrected chi connectivity index (χ4v) is 2.69. The summed E-state index contributed by atoms with van der Waals surface area (Å²) >= 11 is 0. The number of nitrogens with zero attached hydrogens (tertiary/aromatic N) is 1. The van der Waals surface area contributed by atoms with Crippen LogP contribution >= 0.6 is 0 Å². The molecule has 4 nitrogen and oxygen atoms in total.